The van der Waals surface area contributed by atoms with Gasteiger partial charge in [-0.3, -0.25) is 0 Å². The number of aromatic amines is 1. The summed E-state index contributed by atoms with van der Waals surface area (Å²) in [4.78, 5) is 3.17. The van der Waals surface area contributed by atoms with Crippen LogP contribution >= 0.6 is 23.8 Å². The summed E-state index contributed by atoms with van der Waals surface area (Å²) in [5.41, 5.74) is 4.39. The lowest BCUT2D eigenvalue weighted by Crippen LogP contribution is -1.96. The van der Waals surface area contributed by atoms with Gasteiger partial charge >= 0.3 is 0 Å². The van der Waals surface area contributed by atoms with Gasteiger partial charge < -0.3 is 4.98 Å². The third kappa shape index (κ3) is 3.49. The Morgan fingerprint density at radius 3 is 2.44 bits per heavy atom. The van der Waals surface area contributed by atoms with E-state index in [1.54, 1.807) is 15.6 Å². The second-order valence-electron chi connectivity index (χ2n) is 5.97. The Morgan fingerprint density at radius 1 is 1.07 bits per heavy atom. The topological polar surface area (TPSA) is 50.9 Å². The summed E-state index contributed by atoms with van der Waals surface area (Å²) in [7, 11) is 0. The second kappa shape index (κ2) is 7.34. The predicted octanol–water partition coefficient (Wildman–Crippen LogP) is 5.24. The van der Waals surface area contributed by atoms with Crippen molar-refractivity contribution in [3.8, 4) is 16.9 Å². The summed E-state index contributed by atoms with van der Waals surface area (Å²) in [5, 5.41) is 9.49. The predicted molar refractivity (Wildman–Crippen MR) is 111 cm³/mol. The van der Waals surface area contributed by atoms with Gasteiger partial charge in [0.25, 0.3) is 0 Å². The van der Waals surface area contributed by atoms with E-state index in [9.17, 15) is 0 Å². The van der Waals surface area contributed by atoms with Gasteiger partial charge in [0.15, 0.2) is 4.77 Å². The molecule has 134 valence electrons. The van der Waals surface area contributed by atoms with Crippen molar-refractivity contribution in [3.05, 3.63) is 88.0 Å². The zero-order valence-corrected chi connectivity index (χ0v) is 16.1. The first kappa shape index (κ1) is 17.5. The fraction of sp³-hybridized carbons (Fsp3) is 0.0500. The lowest BCUT2D eigenvalue weighted by Gasteiger charge is -2.01. The third-order valence-corrected chi connectivity index (χ3v) is 4.80. The Morgan fingerprint density at radius 2 is 1.74 bits per heavy atom. The quantitative estimate of drug-likeness (QED) is 0.380. The number of halogens is 1. The number of H-pyrrole nitrogens is 1. The smallest absolute Gasteiger partial charge is 0.198 e. The van der Waals surface area contributed by atoms with Crippen LogP contribution in [0, 0.1) is 11.7 Å². The van der Waals surface area contributed by atoms with Gasteiger partial charge in [-0.05, 0) is 36.8 Å². The molecule has 2 aromatic carbocycles. The van der Waals surface area contributed by atoms with Gasteiger partial charge in [0, 0.05) is 0 Å². The number of hydrogen-bond donors (Lipinski definition) is 1. The fourth-order valence-electron chi connectivity index (χ4n) is 2.75. The molecule has 0 unspecified atom stereocenters. The van der Waals surface area contributed by atoms with Gasteiger partial charge in [-0.2, -0.15) is 10.2 Å². The monoisotopic (exact) mass is 393 g/mol. The normalized spacial score (nSPS) is 11.3. The molecule has 0 saturated carbocycles. The molecular weight excluding hydrogens is 378 g/mol. The van der Waals surface area contributed by atoms with Crippen LogP contribution < -0.4 is 0 Å². The highest BCUT2D eigenvalue weighted by atomic mass is 35.5. The van der Waals surface area contributed by atoms with E-state index >= 15 is 0 Å². The van der Waals surface area contributed by atoms with Crippen molar-refractivity contribution < 1.29 is 0 Å². The number of aromatic nitrogens is 4. The van der Waals surface area contributed by atoms with Crippen molar-refractivity contribution in [3.63, 3.8) is 0 Å². The number of nitrogens with zero attached hydrogens (tertiary/aromatic N) is 4. The van der Waals surface area contributed by atoms with E-state index in [-0.39, 0.29) is 0 Å². The van der Waals surface area contributed by atoms with Crippen molar-refractivity contribution in [2.24, 2.45) is 5.10 Å². The molecule has 0 fully saturated rings. The van der Waals surface area contributed by atoms with Crippen molar-refractivity contribution in [2.45, 2.75) is 6.92 Å². The van der Waals surface area contributed by atoms with Crippen LogP contribution in [0.2, 0.25) is 5.15 Å². The van der Waals surface area contributed by atoms with E-state index < -0.39 is 0 Å². The number of rotatable bonds is 4. The first-order chi connectivity index (χ1) is 13.1. The molecule has 4 aromatic rings. The average Bonchev–Trinajstić information content (AvgIpc) is 3.21. The molecule has 2 heterocycles. The minimum atomic E-state index is 0.507. The first-order valence-corrected chi connectivity index (χ1v) is 9.14. The maximum Gasteiger partial charge on any atom is 0.198 e. The molecule has 0 atom stereocenters. The zero-order valence-electron chi connectivity index (χ0n) is 14.5. The molecule has 5 nitrogen and oxygen atoms in total. The van der Waals surface area contributed by atoms with E-state index in [1.165, 1.54) is 0 Å². The standard InChI is InChI=1S/C20H16ClN5S/c1-14-17(19(21)26(24-14)16-10-6-3-7-11-16)12-22-25-13-18(23-20(25)27)15-8-4-2-5-9-15/h2-13H,1H3,(H,23,27). The van der Waals surface area contributed by atoms with Crippen LogP contribution in [-0.4, -0.2) is 25.7 Å². The SMILES string of the molecule is Cc1nn(-c2ccccc2)c(Cl)c1C=Nn1cc(-c2ccccc2)[nH]c1=S. The van der Waals surface area contributed by atoms with E-state index in [0.717, 1.165) is 28.2 Å². The molecule has 4 rings (SSSR count). The van der Waals surface area contributed by atoms with Crippen LogP contribution in [0.5, 0.6) is 0 Å². The van der Waals surface area contributed by atoms with Gasteiger partial charge in [0.05, 0.1) is 35.1 Å². The minimum Gasteiger partial charge on any atom is -0.329 e. The third-order valence-electron chi connectivity index (χ3n) is 4.15. The molecule has 0 radical (unpaired) electrons. The van der Waals surface area contributed by atoms with E-state index in [2.05, 4.69) is 15.2 Å². The molecule has 0 spiro atoms. The Kier molecular flexibility index (Phi) is 4.75. The van der Waals surface area contributed by atoms with Crippen LogP contribution in [0.25, 0.3) is 16.9 Å². The molecule has 27 heavy (non-hydrogen) atoms. The summed E-state index contributed by atoms with van der Waals surface area (Å²) in [6, 6.07) is 19.7. The number of benzene rings is 2. The van der Waals surface area contributed by atoms with Crippen molar-refractivity contribution in [1.29, 1.82) is 0 Å². The zero-order chi connectivity index (χ0) is 18.8. The van der Waals surface area contributed by atoms with Crippen LogP contribution in [-0.2, 0) is 0 Å². The minimum absolute atomic E-state index is 0.507. The summed E-state index contributed by atoms with van der Waals surface area (Å²) in [6.45, 7) is 1.90. The van der Waals surface area contributed by atoms with Gasteiger partial charge in [0.1, 0.15) is 5.15 Å². The average molecular weight is 394 g/mol. The highest BCUT2D eigenvalue weighted by molar-refractivity contribution is 7.71. The Balaban J connectivity index is 1.67. The lowest BCUT2D eigenvalue weighted by molar-refractivity contribution is 0.863. The van der Waals surface area contributed by atoms with Gasteiger partial charge in [0.2, 0.25) is 0 Å². The second-order valence-corrected chi connectivity index (χ2v) is 6.71. The van der Waals surface area contributed by atoms with Gasteiger partial charge in [-0.25, -0.2) is 9.36 Å². The molecule has 1 N–H and O–H groups in total. The van der Waals surface area contributed by atoms with Crippen LogP contribution in [0.15, 0.2) is 72.0 Å². The Bertz CT molecular complexity index is 1160. The Labute approximate surface area is 166 Å². The number of aryl methyl sites for hydroxylation is 1. The van der Waals surface area contributed by atoms with Crippen LogP contribution in [0.3, 0.4) is 0 Å². The van der Waals surface area contributed by atoms with Crippen molar-refractivity contribution >= 4 is 30.0 Å². The molecular formula is C20H16ClN5S. The Hall–Kier alpha value is -2.96. The van der Waals surface area contributed by atoms with E-state index in [1.807, 2.05) is 73.8 Å². The summed E-state index contributed by atoms with van der Waals surface area (Å²) in [6.07, 6.45) is 3.54. The molecule has 2 aromatic heterocycles. The number of imidazole rings is 1. The molecule has 0 bridgehead atoms. The fourth-order valence-corrected chi connectivity index (χ4v) is 3.28. The lowest BCUT2D eigenvalue weighted by atomic mass is 10.2. The highest BCUT2D eigenvalue weighted by Gasteiger charge is 2.13. The van der Waals surface area contributed by atoms with Crippen molar-refractivity contribution in [2.75, 3.05) is 0 Å². The highest BCUT2D eigenvalue weighted by Crippen LogP contribution is 2.22. The first-order valence-electron chi connectivity index (χ1n) is 8.35. The van der Waals surface area contributed by atoms with Gasteiger partial charge in [-0.15, -0.1) is 0 Å². The van der Waals surface area contributed by atoms with Crippen LogP contribution in [0.1, 0.15) is 11.3 Å². The largest absolute Gasteiger partial charge is 0.329 e. The summed E-state index contributed by atoms with van der Waals surface area (Å²) < 4.78 is 3.83. The molecule has 0 saturated heterocycles. The molecule has 7 heteroatoms. The summed E-state index contributed by atoms with van der Waals surface area (Å²) in [5.74, 6) is 0. The number of para-hydroxylation sites is 1. The van der Waals surface area contributed by atoms with Gasteiger partial charge in [-0.1, -0.05) is 60.1 Å². The summed E-state index contributed by atoms with van der Waals surface area (Å²) >= 11 is 11.9. The van der Waals surface area contributed by atoms with Crippen LogP contribution in [0.4, 0.5) is 0 Å². The maximum atomic E-state index is 6.54. The molecule has 0 aliphatic rings. The van der Waals surface area contributed by atoms with Crippen molar-refractivity contribution in [1.82, 2.24) is 19.4 Å². The van der Waals surface area contributed by atoms with E-state index in [4.69, 9.17) is 23.8 Å². The molecule has 0 amide bonds. The molecule has 0 aliphatic heterocycles. The number of hydrogen-bond acceptors (Lipinski definition) is 3. The maximum absolute atomic E-state index is 6.54. The van der Waals surface area contributed by atoms with E-state index in [0.29, 0.717) is 9.92 Å². The number of nitrogens with one attached hydrogen (secondary N) is 1. The molecule has 0 aliphatic carbocycles.